The molecule has 0 bridgehead atoms. The first-order chi connectivity index (χ1) is 4.77. The van der Waals surface area contributed by atoms with E-state index in [1.807, 2.05) is 0 Å². The monoisotopic (exact) mass is 141 g/mol. The zero-order valence-electron chi connectivity index (χ0n) is 5.05. The third kappa shape index (κ3) is 0.879. The van der Waals surface area contributed by atoms with Crippen LogP contribution in [-0.2, 0) is 7.05 Å². The minimum atomic E-state index is -0.280. The highest BCUT2D eigenvalue weighted by molar-refractivity contribution is 5.24. The lowest BCUT2D eigenvalue weighted by atomic mass is 11.0. The molecule has 0 amide bonds. The predicted molar refractivity (Wildman–Crippen MR) is 31.9 cm³/mol. The van der Waals surface area contributed by atoms with Gasteiger partial charge in [0.2, 0.25) is 0 Å². The topological polar surface area (TPSA) is 89.6 Å². The van der Waals surface area contributed by atoms with Crippen LogP contribution in [0.3, 0.4) is 0 Å². The maximum Gasteiger partial charge on any atom is 0.311 e. The van der Waals surface area contributed by atoms with Crippen LogP contribution < -0.4 is 0 Å². The van der Waals surface area contributed by atoms with Crippen LogP contribution in [-0.4, -0.2) is 14.8 Å². The van der Waals surface area contributed by atoms with Gasteiger partial charge in [-0.3, -0.25) is 0 Å². The highest BCUT2D eigenvalue weighted by Gasteiger charge is 2.05. The summed E-state index contributed by atoms with van der Waals surface area (Å²) in [6.07, 6.45) is 0. The van der Waals surface area contributed by atoms with Crippen molar-refractivity contribution in [2.24, 2.45) is 17.4 Å². The number of aryl methyl sites for hydroxylation is 1. The lowest BCUT2D eigenvalue weighted by Crippen LogP contribution is -1.87. The zero-order valence-corrected chi connectivity index (χ0v) is 5.05. The molecule has 0 spiro atoms. The fourth-order valence-corrected chi connectivity index (χ4v) is 0.481. The van der Waals surface area contributed by atoms with Crippen molar-refractivity contribution in [3.8, 4) is 0 Å². The molecule has 0 aromatic carbocycles. The van der Waals surface area contributed by atoms with E-state index in [-0.39, 0.29) is 11.9 Å². The molecule has 0 aliphatic heterocycles. The Balaban J connectivity index is 3.15. The van der Waals surface area contributed by atoms with Gasteiger partial charge in [0, 0.05) is 17.4 Å². The van der Waals surface area contributed by atoms with Gasteiger partial charge in [-0.15, -0.1) is 14.9 Å². The van der Waals surface area contributed by atoms with Crippen LogP contribution in [0.4, 0.5) is 11.9 Å². The average molecular weight is 141 g/mol. The average Bonchev–Trinajstić information content (AvgIpc) is 2.30. The Labute approximate surface area is 55.0 Å². The fraction of sp³-hybridized carbons (Fsp3) is 0.333. The molecule has 0 radical (unpaired) electrons. The predicted octanol–water partition coefficient (Wildman–Crippen LogP) is 0.611. The van der Waals surface area contributed by atoms with E-state index in [0.717, 1.165) is 4.68 Å². The maximum atomic E-state index is 9.84. The van der Waals surface area contributed by atoms with E-state index < -0.39 is 0 Å². The summed E-state index contributed by atoms with van der Waals surface area (Å²) in [6, 6.07) is 0. The second-order valence-corrected chi connectivity index (χ2v) is 1.52. The van der Waals surface area contributed by atoms with Gasteiger partial charge in [0.05, 0.1) is 0 Å². The third-order valence-electron chi connectivity index (χ3n) is 0.892. The third-order valence-corrected chi connectivity index (χ3v) is 0.892. The van der Waals surface area contributed by atoms with Crippen molar-refractivity contribution in [1.29, 1.82) is 0 Å². The van der Waals surface area contributed by atoms with Crippen LogP contribution in [0.25, 0.3) is 0 Å². The van der Waals surface area contributed by atoms with Crippen LogP contribution in [0, 0.1) is 9.81 Å². The SMILES string of the molecule is Cn1nc(N=O)nc1N=O. The minimum absolute atomic E-state index is 0.158. The van der Waals surface area contributed by atoms with E-state index >= 15 is 0 Å². The highest BCUT2D eigenvalue weighted by atomic mass is 16.3. The quantitative estimate of drug-likeness (QED) is 0.564. The number of nitrogens with zero attached hydrogens (tertiary/aromatic N) is 5. The number of rotatable bonds is 2. The molecule has 0 fully saturated rings. The van der Waals surface area contributed by atoms with Crippen LogP contribution in [0.5, 0.6) is 0 Å². The molecule has 52 valence electrons. The zero-order chi connectivity index (χ0) is 7.56. The molecule has 0 aliphatic carbocycles. The Kier molecular flexibility index (Phi) is 1.48. The number of nitroso groups, excluding NO2 is 2. The lowest BCUT2D eigenvalue weighted by Gasteiger charge is -1.81. The summed E-state index contributed by atoms with van der Waals surface area (Å²) in [7, 11) is 1.44. The largest absolute Gasteiger partial charge is 0.311 e. The molecule has 0 atom stereocenters. The summed E-state index contributed by atoms with van der Waals surface area (Å²) in [4.78, 5) is 22.9. The van der Waals surface area contributed by atoms with Crippen molar-refractivity contribution in [2.45, 2.75) is 0 Å². The van der Waals surface area contributed by atoms with E-state index in [1.165, 1.54) is 7.05 Å². The summed E-state index contributed by atoms with van der Waals surface area (Å²) in [5, 5.41) is 8.32. The molecular weight excluding hydrogens is 138 g/mol. The highest BCUT2D eigenvalue weighted by Crippen LogP contribution is 2.10. The molecule has 1 aromatic rings. The standard InChI is InChI=1S/C3H3N5O2/c1-8-3(7-10)4-2(5-8)6-9/h1H3. The molecular formula is C3H3N5O2. The minimum Gasteiger partial charge on any atom is -0.228 e. The van der Waals surface area contributed by atoms with Crippen LogP contribution >= 0.6 is 0 Å². The van der Waals surface area contributed by atoms with E-state index in [1.54, 1.807) is 0 Å². The van der Waals surface area contributed by atoms with Crippen LogP contribution in [0.15, 0.2) is 10.4 Å². The Morgan fingerprint density at radius 1 is 1.40 bits per heavy atom. The number of hydrogen-bond donors (Lipinski definition) is 0. The van der Waals surface area contributed by atoms with Crippen LogP contribution in [0.1, 0.15) is 0 Å². The molecule has 1 rings (SSSR count). The maximum absolute atomic E-state index is 9.84. The summed E-state index contributed by atoms with van der Waals surface area (Å²) >= 11 is 0. The van der Waals surface area contributed by atoms with Gasteiger partial charge < -0.3 is 0 Å². The molecule has 0 saturated heterocycles. The summed E-state index contributed by atoms with van der Waals surface area (Å²) in [6.45, 7) is 0. The van der Waals surface area contributed by atoms with E-state index in [2.05, 4.69) is 20.4 Å². The van der Waals surface area contributed by atoms with E-state index in [0.29, 0.717) is 0 Å². The molecule has 0 unspecified atom stereocenters. The molecule has 1 aromatic heterocycles. The molecule has 7 nitrogen and oxygen atoms in total. The van der Waals surface area contributed by atoms with Crippen molar-refractivity contribution in [3.05, 3.63) is 9.81 Å². The van der Waals surface area contributed by atoms with Gasteiger partial charge >= 0.3 is 5.95 Å². The van der Waals surface area contributed by atoms with Gasteiger partial charge in [0.1, 0.15) is 0 Å². The fourth-order valence-electron chi connectivity index (χ4n) is 0.481. The lowest BCUT2D eigenvalue weighted by molar-refractivity contribution is 0.768. The molecule has 7 heteroatoms. The smallest absolute Gasteiger partial charge is 0.228 e. The first kappa shape index (κ1) is 6.46. The van der Waals surface area contributed by atoms with Crippen molar-refractivity contribution in [3.63, 3.8) is 0 Å². The Bertz CT molecular complexity index is 266. The molecule has 10 heavy (non-hydrogen) atoms. The molecule has 0 aliphatic rings. The molecule has 1 heterocycles. The number of aromatic nitrogens is 3. The first-order valence-electron chi connectivity index (χ1n) is 2.35. The van der Waals surface area contributed by atoms with E-state index in [9.17, 15) is 9.81 Å². The van der Waals surface area contributed by atoms with Gasteiger partial charge in [0.25, 0.3) is 5.95 Å². The van der Waals surface area contributed by atoms with Gasteiger partial charge in [-0.2, -0.15) is 4.98 Å². The van der Waals surface area contributed by atoms with Gasteiger partial charge in [-0.1, -0.05) is 0 Å². The summed E-state index contributed by atoms with van der Waals surface area (Å²) < 4.78 is 1.07. The van der Waals surface area contributed by atoms with Gasteiger partial charge in [0.15, 0.2) is 0 Å². The van der Waals surface area contributed by atoms with Gasteiger partial charge in [-0.25, -0.2) is 4.68 Å². The first-order valence-corrected chi connectivity index (χ1v) is 2.35. The van der Waals surface area contributed by atoms with Crippen molar-refractivity contribution in [1.82, 2.24) is 14.8 Å². The summed E-state index contributed by atoms with van der Waals surface area (Å²) in [5.41, 5.74) is 0. The Morgan fingerprint density at radius 2 is 2.10 bits per heavy atom. The van der Waals surface area contributed by atoms with Crippen molar-refractivity contribution >= 4 is 11.9 Å². The second-order valence-electron chi connectivity index (χ2n) is 1.52. The van der Waals surface area contributed by atoms with Crippen molar-refractivity contribution < 1.29 is 0 Å². The van der Waals surface area contributed by atoms with Gasteiger partial charge in [-0.05, 0) is 0 Å². The second kappa shape index (κ2) is 2.29. The summed E-state index contributed by atoms with van der Waals surface area (Å²) in [5.74, 6) is -0.438. The Hall–Kier alpha value is -1.66. The molecule has 0 N–H and O–H groups in total. The molecule has 0 saturated carbocycles. The normalized spacial score (nSPS) is 9.30. The Morgan fingerprint density at radius 3 is 2.40 bits per heavy atom. The van der Waals surface area contributed by atoms with Crippen molar-refractivity contribution in [2.75, 3.05) is 0 Å². The van der Waals surface area contributed by atoms with E-state index in [4.69, 9.17) is 0 Å². The van der Waals surface area contributed by atoms with Crippen LogP contribution in [0.2, 0.25) is 0 Å². The number of hydrogen-bond acceptors (Lipinski definition) is 6.